The second-order valence-electron chi connectivity index (χ2n) is 11.7. The van der Waals surface area contributed by atoms with Crippen LogP contribution in [0, 0.1) is 0 Å². The molecule has 3 aromatic rings. The van der Waals surface area contributed by atoms with Crippen molar-refractivity contribution in [3.05, 3.63) is 47.3 Å². The average Bonchev–Trinajstić information content (AvgIpc) is 3.45. The summed E-state index contributed by atoms with van der Waals surface area (Å²) in [5.41, 5.74) is 3.40. The lowest BCUT2D eigenvalue weighted by atomic mass is 9.96. The van der Waals surface area contributed by atoms with Crippen LogP contribution in [0.3, 0.4) is 0 Å². The number of carbonyl (C=O) groups is 2. The Labute approximate surface area is 233 Å². The zero-order chi connectivity index (χ0) is 29.4. The molecule has 0 bridgehead atoms. The number of aliphatic imine (C=N–C) groups is 2. The highest BCUT2D eigenvalue weighted by molar-refractivity contribution is 6.10. The molecule has 0 saturated heterocycles. The Balaban J connectivity index is 1.66. The van der Waals surface area contributed by atoms with Gasteiger partial charge in [0, 0.05) is 38.2 Å². The van der Waals surface area contributed by atoms with Gasteiger partial charge in [-0.3, -0.25) is 4.90 Å². The van der Waals surface area contributed by atoms with Gasteiger partial charge in [0.15, 0.2) is 11.6 Å². The summed E-state index contributed by atoms with van der Waals surface area (Å²) >= 11 is 0. The first kappa shape index (κ1) is 28.9. The Hall–Kier alpha value is -4.12. The topological polar surface area (TPSA) is 132 Å². The van der Waals surface area contributed by atoms with Crippen molar-refractivity contribution in [1.29, 1.82) is 0 Å². The van der Waals surface area contributed by atoms with E-state index in [2.05, 4.69) is 9.98 Å². The van der Waals surface area contributed by atoms with E-state index in [1.165, 1.54) is 11.1 Å². The molecule has 11 nitrogen and oxygen atoms in total. The van der Waals surface area contributed by atoms with Crippen molar-refractivity contribution in [2.45, 2.75) is 65.1 Å². The molecule has 2 aromatic heterocycles. The summed E-state index contributed by atoms with van der Waals surface area (Å²) in [4.78, 5) is 44.2. The van der Waals surface area contributed by atoms with Crippen LogP contribution < -0.4 is 4.90 Å². The van der Waals surface area contributed by atoms with Crippen LogP contribution in [-0.2, 0) is 22.9 Å². The number of aliphatic hydroxyl groups excluding tert-OH is 1. The number of imidazole rings is 1. The second kappa shape index (κ2) is 10.8. The molecule has 0 saturated carbocycles. The zero-order valence-electron chi connectivity index (χ0n) is 24.2. The molecule has 2 amide bonds. The van der Waals surface area contributed by atoms with Gasteiger partial charge in [-0.2, -0.15) is 4.99 Å². The zero-order valence-corrected chi connectivity index (χ0v) is 24.2. The van der Waals surface area contributed by atoms with Crippen LogP contribution in [0.2, 0.25) is 0 Å². The van der Waals surface area contributed by atoms with Crippen LogP contribution in [-0.4, -0.2) is 68.6 Å². The van der Waals surface area contributed by atoms with Gasteiger partial charge in [0.2, 0.25) is 0 Å². The lowest BCUT2D eigenvalue weighted by molar-refractivity contribution is 0.0583. The lowest BCUT2D eigenvalue weighted by Gasteiger charge is -2.24. The number of rotatable bonds is 5. The number of hydrogen-bond acceptors (Lipinski definition) is 8. The van der Waals surface area contributed by atoms with Crippen molar-refractivity contribution >= 4 is 46.8 Å². The van der Waals surface area contributed by atoms with E-state index in [9.17, 15) is 14.7 Å². The van der Waals surface area contributed by atoms with Crippen LogP contribution in [0.1, 0.15) is 64.2 Å². The molecule has 1 aliphatic rings. The van der Waals surface area contributed by atoms with Gasteiger partial charge >= 0.3 is 12.2 Å². The number of aliphatic hydroxyl groups is 1. The van der Waals surface area contributed by atoms with E-state index >= 15 is 0 Å². The normalized spacial score (nSPS) is 14.3. The Morgan fingerprint density at radius 2 is 1.88 bits per heavy atom. The number of ether oxygens (including phenoxy) is 2. The highest BCUT2D eigenvalue weighted by atomic mass is 16.6. The largest absolute Gasteiger partial charge is 0.443 e. The molecule has 3 heterocycles. The molecule has 0 fully saturated rings. The van der Waals surface area contributed by atoms with Crippen LogP contribution >= 0.6 is 0 Å². The van der Waals surface area contributed by atoms with Gasteiger partial charge in [0.1, 0.15) is 16.7 Å². The molecule has 0 radical (unpaired) electrons. The Morgan fingerprint density at radius 1 is 1.18 bits per heavy atom. The summed E-state index contributed by atoms with van der Waals surface area (Å²) < 4.78 is 12.7. The van der Waals surface area contributed by atoms with Gasteiger partial charge in [0.05, 0.1) is 24.2 Å². The number of aromatic nitrogens is 3. The summed E-state index contributed by atoms with van der Waals surface area (Å²) in [6.07, 6.45) is 2.35. The predicted octanol–water partition coefficient (Wildman–Crippen LogP) is 5.10. The fraction of sp³-hybridized carbons (Fsp3) is 0.448. The average molecular weight is 549 g/mol. The van der Waals surface area contributed by atoms with E-state index in [1.54, 1.807) is 54.9 Å². The molecule has 212 valence electrons. The highest BCUT2D eigenvalue weighted by Crippen LogP contribution is 2.37. The maximum Gasteiger partial charge on any atom is 0.433 e. The molecule has 40 heavy (non-hydrogen) atoms. The van der Waals surface area contributed by atoms with Gasteiger partial charge in [-0.05, 0) is 58.7 Å². The fourth-order valence-corrected chi connectivity index (χ4v) is 4.31. The molecule has 0 spiro atoms. The first-order valence-electron chi connectivity index (χ1n) is 13.0. The number of carbonyl (C=O) groups excluding carboxylic acids is 2. The Bertz CT molecular complexity index is 1510. The molecule has 4 rings (SSSR count). The van der Waals surface area contributed by atoms with E-state index in [1.807, 2.05) is 35.9 Å². The second-order valence-corrected chi connectivity index (χ2v) is 11.7. The number of hydrogen-bond donors (Lipinski definition) is 1. The molecular weight excluding hydrogens is 512 g/mol. The van der Waals surface area contributed by atoms with Crippen LogP contribution in [0.5, 0.6) is 0 Å². The number of anilines is 1. The number of benzene rings is 1. The summed E-state index contributed by atoms with van der Waals surface area (Å²) in [6, 6.07) is 7.58. The highest BCUT2D eigenvalue weighted by Gasteiger charge is 2.29. The van der Waals surface area contributed by atoms with Crippen LogP contribution in [0.4, 0.5) is 21.2 Å². The first-order chi connectivity index (χ1) is 18.7. The molecule has 1 unspecified atom stereocenters. The van der Waals surface area contributed by atoms with Crippen LogP contribution in [0.25, 0.3) is 11.0 Å². The van der Waals surface area contributed by atoms with Crippen molar-refractivity contribution in [1.82, 2.24) is 14.5 Å². The van der Waals surface area contributed by atoms with Gasteiger partial charge < -0.3 is 19.1 Å². The molecule has 1 aliphatic heterocycles. The summed E-state index contributed by atoms with van der Waals surface area (Å²) in [7, 11) is 3.50. The number of pyridine rings is 1. The quantitative estimate of drug-likeness (QED) is 0.439. The van der Waals surface area contributed by atoms with Gasteiger partial charge in [-0.1, -0.05) is 18.2 Å². The van der Waals surface area contributed by atoms with Gasteiger partial charge in [0.25, 0.3) is 0 Å². The van der Waals surface area contributed by atoms with E-state index in [-0.39, 0.29) is 6.61 Å². The third-order valence-corrected chi connectivity index (χ3v) is 6.08. The maximum atomic E-state index is 12.8. The van der Waals surface area contributed by atoms with E-state index in [0.29, 0.717) is 23.6 Å². The summed E-state index contributed by atoms with van der Waals surface area (Å²) in [5.74, 6) is 0.362. The van der Waals surface area contributed by atoms with Crippen molar-refractivity contribution in [3.8, 4) is 0 Å². The maximum absolute atomic E-state index is 12.8. The fourth-order valence-electron chi connectivity index (χ4n) is 4.31. The minimum Gasteiger partial charge on any atom is -0.443 e. The van der Waals surface area contributed by atoms with E-state index in [4.69, 9.17) is 19.5 Å². The third kappa shape index (κ3) is 6.36. The lowest BCUT2D eigenvalue weighted by Crippen LogP contribution is -2.34. The standard InChI is InChI=1S/C29H36N6O5/c1-28(2,3)39-26(37)30-14-19(15-36)17-10-9-11-18(12-17)21-13-20-23-22(31-16-34(23)7)25(33-24(20)32-21)35(8)27(38)40-29(4,5)6/h9-12,14,16,19,36H,13,15H2,1-8H3/b30-14+. The van der Waals surface area contributed by atoms with E-state index < -0.39 is 29.3 Å². The number of amides is 2. The number of aryl methyl sites for hydroxylation is 1. The van der Waals surface area contributed by atoms with E-state index in [0.717, 1.165) is 27.9 Å². The molecule has 0 aliphatic carbocycles. The third-order valence-electron chi connectivity index (χ3n) is 6.08. The predicted molar refractivity (Wildman–Crippen MR) is 154 cm³/mol. The van der Waals surface area contributed by atoms with Crippen molar-refractivity contribution in [3.63, 3.8) is 0 Å². The SMILES string of the molecule is CN(C(=O)OC(C)(C)C)c1nc2c(c3c1ncn3C)CC(c1cccc(C(/C=N/C(=O)OC(C)(C)C)CO)c1)=N2. The van der Waals surface area contributed by atoms with Crippen LogP contribution in [0.15, 0.2) is 40.6 Å². The van der Waals surface area contributed by atoms with Gasteiger partial charge in [-0.15, -0.1) is 0 Å². The first-order valence-corrected chi connectivity index (χ1v) is 13.0. The van der Waals surface area contributed by atoms with Gasteiger partial charge in [-0.25, -0.2) is 24.5 Å². The smallest absolute Gasteiger partial charge is 0.433 e. The summed E-state index contributed by atoms with van der Waals surface area (Å²) in [5, 5.41) is 10.0. The Morgan fingerprint density at radius 3 is 2.52 bits per heavy atom. The molecule has 1 atom stereocenters. The number of fused-ring (bicyclic) bond motifs is 3. The van der Waals surface area contributed by atoms with Crippen molar-refractivity contribution in [2.24, 2.45) is 17.0 Å². The minimum absolute atomic E-state index is 0.236. The molecular formula is C29H36N6O5. The monoisotopic (exact) mass is 548 g/mol. The molecule has 1 N–H and O–H groups in total. The minimum atomic E-state index is -0.712. The summed E-state index contributed by atoms with van der Waals surface area (Å²) in [6.45, 7) is 10.5. The molecule has 11 heteroatoms. The molecule has 1 aromatic carbocycles. The number of nitrogens with zero attached hydrogens (tertiary/aromatic N) is 6. The Kier molecular flexibility index (Phi) is 7.80. The van der Waals surface area contributed by atoms with Crippen molar-refractivity contribution < 1.29 is 24.2 Å². The van der Waals surface area contributed by atoms with Crippen molar-refractivity contribution in [2.75, 3.05) is 18.6 Å².